The number of thioether (sulfide) groups is 1. The molecular formula is C14H18N2OS. The van der Waals surface area contributed by atoms with E-state index >= 15 is 0 Å². The van der Waals surface area contributed by atoms with Crippen molar-refractivity contribution < 1.29 is 0 Å². The standard InChI is InChI=1S/C14H18N2OS/c1-3-11(2)18-10-12-9-14(17)16(15-12)13-7-5-4-6-8-13/h4-9,11,15H,3,10H2,1-2H3. The molecular weight excluding hydrogens is 244 g/mol. The topological polar surface area (TPSA) is 37.8 Å². The van der Waals surface area contributed by atoms with Gasteiger partial charge in [-0.3, -0.25) is 9.89 Å². The number of aromatic nitrogens is 2. The molecule has 4 heteroatoms. The van der Waals surface area contributed by atoms with Gasteiger partial charge in [-0.15, -0.1) is 0 Å². The molecule has 1 aromatic heterocycles. The van der Waals surface area contributed by atoms with Crippen LogP contribution in [0.25, 0.3) is 5.69 Å². The maximum absolute atomic E-state index is 11.9. The summed E-state index contributed by atoms with van der Waals surface area (Å²) in [6.07, 6.45) is 1.15. The number of benzene rings is 1. The van der Waals surface area contributed by atoms with Crippen molar-refractivity contribution in [2.75, 3.05) is 0 Å². The second-order valence-corrected chi connectivity index (χ2v) is 5.75. The molecule has 1 aromatic carbocycles. The van der Waals surface area contributed by atoms with E-state index < -0.39 is 0 Å². The lowest BCUT2D eigenvalue weighted by atomic mass is 10.3. The first-order valence-corrected chi connectivity index (χ1v) is 7.23. The van der Waals surface area contributed by atoms with Crippen molar-refractivity contribution in [3.8, 4) is 5.69 Å². The predicted molar refractivity (Wildman–Crippen MR) is 77.4 cm³/mol. The van der Waals surface area contributed by atoms with Gasteiger partial charge in [-0.1, -0.05) is 32.0 Å². The summed E-state index contributed by atoms with van der Waals surface area (Å²) in [5.41, 5.74) is 1.86. The molecule has 0 bridgehead atoms. The Bertz CT molecular complexity index is 544. The zero-order chi connectivity index (χ0) is 13.0. The summed E-state index contributed by atoms with van der Waals surface area (Å²) in [6.45, 7) is 4.38. The summed E-state index contributed by atoms with van der Waals surface area (Å²) in [4.78, 5) is 11.9. The molecule has 0 amide bonds. The molecule has 18 heavy (non-hydrogen) atoms. The maximum Gasteiger partial charge on any atom is 0.271 e. The third-order valence-corrected chi connectivity index (χ3v) is 4.27. The van der Waals surface area contributed by atoms with Crippen LogP contribution < -0.4 is 5.56 Å². The Morgan fingerprint density at radius 1 is 1.33 bits per heavy atom. The van der Waals surface area contributed by atoms with Gasteiger partial charge in [-0.25, -0.2) is 4.68 Å². The molecule has 1 atom stereocenters. The minimum Gasteiger partial charge on any atom is -0.294 e. The molecule has 1 N–H and O–H groups in total. The number of nitrogens with zero attached hydrogens (tertiary/aromatic N) is 1. The Hall–Kier alpha value is -1.42. The first-order valence-electron chi connectivity index (χ1n) is 6.18. The maximum atomic E-state index is 11.9. The minimum atomic E-state index is 0.000881. The van der Waals surface area contributed by atoms with Gasteiger partial charge in [0.05, 0.1) is 5.69 Å². The third kappa shape index (κ3) is 3.07. The van der Waals surface area contributed by atoms with Gasteiger partial charge in [0.25, 0.3) is 5.56 Å². The molecule has 0 saturated heterocycles. The smallest absolute Gasteiger partial charge is 0.271 e. The number of H-pyrrole nitrogens is 1. The van der Waals surface area contributed by atoms with Crippen LogP contribution in [0, 0.1) is 0 Å². The monoisotopic (exact) mass is 262 g/mol. The fraction of sp³-hybridized carbons (Fsp3) is 0.357. The normalized spacial score (nSPS) is 12.6. The fourth-order valence-electron chi connectivity index (χ4n) is 1.64. The van der Waals surface area contributed by atoms with E-state index in [4.69, 9.17) is 0 Å². The van der Waals surface area contributed by atoms with E-state index in [0.717, 1.165) is 23.6 Å². The molecule has 1 unspecified atom stereocenters. The Morgan fingerprint density at radius 3 is 2.72 bits per heavy atom. The number of aromatic amines is 1. The Balaban J connectivity index is 2.15. The van der Waals surface area contributed by atoms with Crippen molar-refractivity contribution in [2.24, 2.45) is 0 Å². The van der Waals surface area contributed by atoms with Crippen molar-refractivity contribution in [1.29, 1.82) is 0 Å². The zero-order valence-corrected chi connectivity index (χ0v) is 11.5. The van der Waals surface area contributed by atoms with Crippen molar-refractivity contribution in [2.45, 2.75) is 31.3 Å². The van der Waals surface area contributed by atoms with E-state index in [2.05, 4.69) is 18.9 Å². The van der Waals surface area contributed by atoms with Gasteiger partial charge in [0.2, 0.25) is 0 Å². The fourth-order valence-corrected chi connectivity index (χ4v) is 2.48. The second-order valence-electron chi connectivity index (χ2n) is 4.32. The van der Waals surface area contributed by atoms with Gasteiger partial charge in [0, 0.05) is 22.8 Å². The highest BCUT2D eigenvalue weighted by Gasteiger charge is 2.06. The lowest BCUT2D eigenvalue weighted by Gasteiger charge is -2.06. The Labute approximate surface area is 111 Å². The highest BCUT2D eigenvalue weighted by molar-refractivity contribution is 7.99. The van der Waals surface area contributed by atoms with Crippen LogP contribution in [-0.2, 0) is 5.75 Å². The number of hydrogen-bond acceptors (Lipinski definition) is 2. The van der Waals surface area contributed by atoms with Crippen LogP contribution in [0.15, 0.2) is 41.2 Å². The van der Waals surface area contributed by atoms with Crippen LogP contribution in [-0.4, -0.2) is 15.0 Å². The lowest BCUT2D eigenvalue weighted by Crippen LogP contribution is -2.12. The van der Waals surface area contributed by atoms with Crippen LogP contribution >= 0.6 is 11.8 Å². The highest BCUT2D eigenvalue weighted by atomic mass is 32.2. The molecule has 0 spiro atoms. The Morgan fingerprint density at radius 2 is 2.06 bits per heavy atom. The molecule has 0 fully saturated rings. The van der Waals surface area contributed by atoms with Gasteiger partial charge in [-0.2, -0.15) is 11.8 Å². The van der Waals surface area contributed by atoms with Gasteiger partial charge in [-0.05, 0) is 18.6 Å². The van der Waals surface area contributed by atoms with E-state index in [0.29, 0.717) is 5.25 Å². The van der Waals surface area contributed by atoms with E-state index in [9.17, 15) is 4.79 Å². The molecule has 3 nitrogen and oxygen atoms in total. The molecule has 0 aliphatic heterocycles. The van der Waals surface area contributed by atoms with E-state index in [1.807, 2.05) is 42.1 Å². The molecule has 0 aliphatic carbocycles. The summed E-state index contributed by atoms with van der Waals surface area (Å²) in [7, 11) is 0. The molecule has 0 radical (unpaired) electrons. The average Bonchev–Trinajstić information content (AvgIpc) is 2.78. The predicted octanol–water partition coefficient (Wildman–Crippen LogP) is 3.20. The van der Waals surface area contributed by atoms with Crippen molar-refractivity contribution in [3.63, 3.8) is 0 Å². The summed E-state index contributed by atoms with van der Waals surface area (Å²) in [6, 6.07) is 11.3. The number of rotatable bonds is 5. The van der Waals surface area contributed by atoms with Crippen LogP contribution in [0.3, 0.4) is 0 Å². The molecule has 1 heterocycles. The SMILES string of the molecule is CCC(C)SCc1cc(=O)n(-c2ccccc2)[nH]1. The van der Waals surface area contributed by atoms with Gasteiger partial charge >= 0.3 is 0 Å². The molecule has 0 saturated carbocycles. The van der Waals surface area contributed by atoms with Crippen LogP contribution in [0.4, 0.5) is 0 Å². The molecule has 96 valence electrons. The molecule has 2 rings (SSSR count). The molecule has 0 aliphatic rings. The minimum absolute atomic E-state index is 0.000881. The van der Waals surface area contributed by atoms with Gasteiger partial charge in [0.1, 0.15) is 0 Å². The first kappa shape index (κ1) is 13.0. The Kier molecular flexibility index (Phi) is 4.31. The number of nitrogens with one attached hydrogen (secondary N) is 1. The quantitative estimate of drug-likeness (QED) is 0.898. The van der Waals surface area contributed by atoms with Crippen LogP contribution in [0.2, 0.25) is 0 Å². The summed E-state index contributed by atoms with van der Waals surface area (Å²) in [5, 5.41) is 3.78. The van der Waals surface area contributed by atoms with E-state index in [-0.39, 0.29) is 5.56 Å². The zero-order valence-electron chi connectivity index (χ0n) is 10.7. The average molecular weight is 262 g/mol. The second kappa shape index (κ2) is 5.96. The summed E-state index contributed by atoms with van der Waals surface area (Å²) in [5.74, 6) is 0.851. The van der Waals surface area contributed by atoms with Crippen molar-refractivity contribution >= 4 is 11.8 Å². The van der Waals surface area contributed by atoms with Gasteiger partial charge in [0.15, 0.2) is 0 Å². The lowest BCUT2D eigenvalue weighted by molar-refractivity contribution is 0.831. The van der Waals surface area contributed by atoms with E-state index in [1.165, 1.54) is 0 Å². The largest absolute Gasteiger partial charge is 0.294 e. The third-order valence-electron chi connectivity index (χ3n) is 2.89. The van der Waals surface area contributed by atoms with Gasteiger partial charge < -0.3 is 0 Å². The number of hydrogen-bond donors (Lipinski definition) is 1. The first-order chi connectivity index (χ1) is 8.70. The highest BCUT2D eigenvalue weighted by Crippen LogP contribution is 2.18. The van der Waals surface area contributed by atoms with Crippen molar-refractivity contribution in [3.05, 3.63) is 52.4 Å². The van der Waals surface area contributed by atoms with Crippen LogP contribution in [0.5, 0.6) is 0 Å². The van der Waals surface area contributed by atoms with E-state index in [1.54, 1.807) is 10.7 Å². The number of para-hydroxylation sites is 1. The van der Waals surface area contributed by atoms with Crippen LogP contribution in [0.1, 0.15) is 26.0 Å². The van der Waals surface area contributed by atoms with Crippen molar-refractivity contribution in [1.82, 2.24) is 9.78 Å². The summed E-state index contributed by atoms with van der Waals surface area (Å²) < 4.78 is 1.59. The molecule has 2 aromatic rings. The summed E-state index contributed by atoms with van der Waals surface area (Å²) >= 11 is 1.86.